The summed E-state index contributed by atoms with van der Waals surface area (Å²) in [6.45, 7) is 3.84. The van der Waals surface area contributed by atoms with Crippen LogP contribution in [0.25, 0.3) is 5.69 Å². The SMILES string of the molecule is CC1=NN(c2ccccc2)C(=O)[C@@]12Oc1c(c(C)nn1-c1ccccc1)[C@H]2c1ccccc1. The first-order valence-corrected chi connectivity index (χ1v) is 11.0. The van der Waals surface area contributed by atoms with Gasteiger partial charge in [-0.05, 0) is 43.7 Å². The summed E-state index contributed by atoms with van der Waals surface area (Å²) in [6, 6.07) is 29.3. The lowest BCUT2D eigenvalue weighted by Crippen LogP contribution is -2.53. The molecular weight excluding hydrogens is 412 g/mol. The standard InChI is InChI=1S/C27H22N4O2/c1-18-23-24(20-12-6-3-7-13-20)27(33-25(23)30(28-18)21-14-8-4-9-15-21)19(2)29-31(26(27)32)22-16-10-5-11-17-22/h3-17,24H,1-2H3/t24-,27-/m1/s1. The number of rotatable bonds is 3. The van der Waals surface area contributed by atoms with Crippen LogP contribution >= 0.6 is 0 Å². The molecule has 2 aliphatic heterocycles. The molecule has 0 saturated heterocycles. The number of ether oxygens (including phenoxy) is 1. The number of anilines is 1. The maximum absolute atomic E-state index is 14.1. The molecule has 0 unspecified atom stereocenters. The molecule has 0 N–H and O–H groups in total. The van der Waals surface area contributed by atoms with Crippen molar-refractivity contribution in [2.75, 3.05) is 5.01 Å². The van der Waals surface area contributed by atoms with Gasteiger partial charge in [0.15, 0.2) is 0 Å². The van der Waals surface area contributed by atoms with Crippen molar-refractivity contribution >= 4 is 17.3 Å². The van der Waals surface area contributed by atoms with Gasteiger partial charge in [-0.1, -0.05) is 66.7 Å². The first-order chi connectivity index (χ1) is 16.1. The number of hydrogen-bond acceptors (Lipinski definition) is 4. The van der Waals surface area contributed by atoms with Gasteiger partial charge >= 0.3 is 0 Å². The van der Waals surface area contributed by atoms with Gasteiger partial charge in [0.1, 0.15) is 0 Å². The fourth-order valence-electron chi connectivity index (χ4n) is 4.93. The molecule has 0 saturated carbocycles. The number of carbonyl (C=O) groups excluding carboxylic acids is 1. The van der Waals surface area contributed by atoms with Gasteiger partial charge in [0.2, 0.25) is 11.5 Å². The van der Waals surface area contributed by atoms with Gasteiger partial charge in [-0.25, -0.2) is 4.68 Å². The zero-order valence-corrected chi connectivity index (χ0v) is 18.3. The van der Waals surface area contributed by atoms with Crippen molar-refractivity contribution in [2.45, 2.75) is 25.4 Å². The summed E-state index contributed by atoms with van der Waals surface area (Å²) >= 11 is 0. The number of fused-ring (bicyclic) bond motifs is 1. The van der Waals surface area contributed by atoms with Crippen molar-refractivity contribution < 1.29 is 9.53 Å². The maximum Gasteiger partial charge on any atom is 0.298 e. The second-order valence-corrected chi connectivity index (χ2v) is 8.37. The predicted molar refractivity (Wildman–Crippen MR) is 127 cm³/mol. The van der Waals surface area contributed by atoms with Crippen LogP contribution in [0.5, 0.6) is 5.88 Å². The molecule has 3 aromatic carbocycles. The lowest BCUT2D eigenvalue weighted by molar-refractivity contribution is -0.127. The first-order valence-electron chi connectivity index (χ1n) is 11.0. The predicted octanol–water partition coefficient (Wildman–Crippen LogP) is 4.87. The highest BCUT2D eigenvalue weighted by molar-refractivity contribution is 6.23. The van der Waals surface area contributed by atoms with Gasteiger partial charge in [-0.2, -0.15) is 15.2 Å². The van der Waals surface area contributed by atoms with E-state index in [4.69, 9.17) is 14.9 Å². The van der Waals surface area contributed by atoms with Gasteiger partial charge in [0.05, 0.1) is 28.7 Å². The molecule has 1 amide bonds. The summed E-state index contributed by atoms with van der Waals surface area (Å²) in [5.74, 6) is 0.0248. The lowest BCUT2D eigenvalue weighted by atomic mass is 9.76. The smallest absolute Gasteiger partial charge is 0.298 e. The van der Waals surface area contributed by atoms with Gasteiger partial charge in [0.25, 0.3) is 5.91 Å². The largest absolute Gasteiger partial charge is 0.453 e. The molecule has 1 spiro atoms. The van der Waals surface area contributed by atoms with E-state index in [-0.39, 0.29) is 11.8 Å². The minimum atomic E-state index is -1.27. The maximum atomic E-state index is 14.1. The highest BCUT2D eigenvalue weighted by Crippen LogP contribution is 2.53. The zero-order valence-electron chi connectivity index (χ0n) is 18.3. The summed E-state index contributed by atoms with van der Waals surface area (Å²) in [6.07, 6.45) is 0. The Labute approximate surface area is 191 Å². The number of carbonyl (C=O) groups is 1. The molecule has 4 aromatic rings. The zero-order chi connectivity index (χ0) is 22.6. The van der Waals surface area contributed by atoms with Gasteiger partial charge in [0, 0.05) is 5.56 Å². The van der Waals surface area contributed by atoms with Crippen molar-refractivity contribution in [1.29, 1.82) is 0 Å². The second-order valence-electron chi connectivity index (χ2n) is 8.37. The third kappa shape index (κ3) is 2.70. The average molecular weight is 434 g/mol. The van der Waals surface area contributed by atoms with Crippen LogP contribution in [0.3, 0.4) is 0 Å². The van der Waals surface area contributed by atoms with Crippen molar-refractivity contribution in [1.82, 2.24) is 9.78 Å². The van der Waals surface area contributed by atoms with Crippen LogP contribution in [0, 0.1) is 6.92 Å². The van der Waals surface area contributed by atoms with Gasteiger partial charge in [-0.15, -0.1) is 0 Å². The van der Waals surface area contributed by atoms with Gasteiger partial charge in [-0.3, -0.25) is 4.79 Å². The van der Waals surface area contributed by atoms with E-state index in [1.165, 1.54) is 5.01 Å². The Kier molecular flexibility index (Phi) is 4.23. The van der Waals surface area contributed by atoms with E-state index < -0.39 is 5.60 Å². The molecule has 2 aliphatic rings. The summed E-state index contributed by atoms with van der Waals surface area (Å²) in [5.41, 5.74) is 3.69. The summed E-state index contributed by atoms with van der Waals surface area (Å²) in [7, 11) is 0. The monoisotopic (exact) mass is 434 g/mol. The van der Waals surface area contributed by atoms with Crippen LogP contribution in [0.2, 0.25) is 0 Å². The Morgan fingerprint density at radius 1 is 0.818 bits per heavy atom. The van der Waals surface area contributed by atoms with Crippen LogP contribution in [0.1, 0.15) is 29.7 Å². The van der Waals surface area contributed by atoms with Crippen LogP contribution in [0.15, 0.2) is 96.1 Å². The van der Waals surface area contributed by atoms with Crippen LogP contribution in [0.4, 0.5) is 5.69 Å². The molecule has 33 heavy (non-hydrogen) atoms. The van der Waals surface area contributed by atoms with E-state index in [0.29, 0.717) is 17.3 Å². The molecule has 162 valence electrons. The van der Waals surface area contributed by atoms with E-state index in [1.54, 1.807) is 4.68 Å². The molecule has 6 rings (SSSR count). The van der Waals surface area contributed by atoms with E-state index in [1.807, 2.05) is 105 Å². The first kappa shape index (κ1) is 19.5. The Hall–Kier alpha value is -4.19. The van der Waals surface area contributed by atoms with E-state index in [9.17, 15) is 4.79 Å². The van der Waals surface area contributed by atoms with E-state index >= 15 is 0 Å². The lowest BCUT2D eigenvalue weighted by Gasteiger charge is -2.30. The number of hydrazone groups is 1. The Morgan fingerprint density at radius 2 is 1.39 bits per heavy atom. The number of benzene rings is 3. The van der Waals surface area contributed by atoms with Crippen LogP contribution in [-0.4, -0.2) is 27.0 Å². The second kappa shape index (κ2) is 7.17. The number of nitrogens with zero attached hydrogens (tertiary/aromatic N) is 4. The molecule has 0 bridgehead atoms. The van der Waals surface area contributed by atoms with Crippen LogP contribution in [-0.2, 0) is 4.79 Å². The minimum absolute atomic E-state index is 0.199. The Bertz CT molecular complexity index is 1380. The quantitative estimate of drug-likeness (QED) is 0.462. The molecule has 0 radical (unpaired) electrons. The third-order valence-corrected chi connectivity index (χ3v) is 6.45. The highest BCUT2D eigenvalue weighted by Gasteiger charge is 2.64. The van der Waals surface area contributed by atoms with Crippen LogP contribution < -0.4 is 9.75 Å². The molecule has 0 aliphatic carbocycles. The minimum Gasteiger partial charge on any atom is -0.453 e. The molecular formula is C27H22N4O2. The fourth-order valence-corrected chi connectivity index (χ4v) is 4.93. The summed E-state index contributed by atoms with van der Waals surface area (Å²) < 4.78 is 8.48. The molecule has 1 aromatic heterocycles. The third-order valence-electron chi connectivity index (χ3n) is 6.45. The number of hydrogen-bond donors (Lipinski definition) is 0. The number of aryl methyl sites for hydroxylation is 1. The Morgan fingerprint density at radius 3 is 2.03 bits per heavy atom. The van der Waals surface area contributed by atoms with E-state index in [0.717, 1.165) is 22.5 Å². The molecule has 0 fully saturated rings. The summed E-state index contributed by atoms with van der Waals surface area (Å²) in [5, 5.41) is 10.9. The van der Waals surface area contributed by atoms with Crippen molar-refractivity contribution in [2.24, 2.45) is 5.10 Å². The number of aromatic nitrogens is 2. The summed E-state index contributed by atoms with van der Waals surface area (Å²) in [4.78, 5) is 14.1. The van der Waals surface area contributed by atoms with E-state index in [2.05, 4.69) is 0 Å². The van der Waals surface area contributed by atoms with Crippen molar-refractivity contribution in [3.05, 3.63) is 108 Å². The molecule has 3 heterocycles. The average Bonchev–Trinajstić information content (AvgIpc) is 3.47. The van der Waals surface area contributed by atoms with Gasteiger partial charge < -0.3 is 4.74 Å². The van der Waals surface area contributed by atoms with Crippen molar-refractivity contribution in [3.8, 4) is 11.6 Å². The normalized spacial score (nSPS) is 21.3. The molecule has 6 heteroatoms. The van der Waals surface area contributed by atoms with Crippen molar-refractivity contribution in [3.63, 3.8) is 0 Å². The number of para-hydroxylation sites is 2. The molecule has 6 nitrogen and oxygen atoms in total. The number of amides is 1. The molecule has 2 atom stereocenters. The topological polar surface area (TPSA) is 59.7 Å². The fraction of sp³-hybridized carbons (Fsp3) is 0.148. The Balaban J connectivity index is 1.57. The highest BCUT2D eigenvalue weighted by atomic mass is 16.5.